The van der Waals surface area contributed by atoms with Crippen molar-refractivity contribution in [2.24, 2.45) is 11.8 Å². The summed E-state index contributed by atoms with van der Waals surface area (Å²) in [6, 6.07) is 4.29. The number of hydrogen-bond acceptors (Lipinski definition) is 6. The fraction of sp³-hybridized carbons (Fsp3) is 0.556. The summed E-state index contributed by atoms with van der Waals surface area (Å²) in [4.78, 5) is 11.2. The number of nitrogens with zero attached hydrogens (tertiary/aromatic N) is 5. The molecule has 0 spiro atoms. The summed E-state index contributed by atoms with van der Waals surface area (Å²) in [5.74, 6) is 3.20. The van der Waals surface area contributed by atoms with E-state index in [0.29, 0.717) is 18.1 Å². The largest absolute Gasteiger partial charge is 0.377 e. The highest BCUT2D eigenvalue weighted by Gasteiger charge is 2.45. The maximum absolute atomic E-state index is 9.44. The predicted octanol–water partition coefficient (Wildman–Crippen LogP) is 2.16. The van der Waals surface area contributed by atoms with E-state index in [2.05, 4.69) is 31.1 Å². The highest BCUT2D eigenvalue weighted by Crippen LogP contribution is 2.48. The van der Waals surface area contributed by atoms with Gasteiger partial charge in [-0.15, -0.1) is 0 Å². The molecule has 7 nitrogen and oxygen atoms in total. The summed E-state index contributed by atoms with van der Waals surface area (Å²) in [5.41, 5.74) is 2.55. The third-order valence-corrected chi connectivity index (χ3v) is 5.23. The van der Waals surface area contributed by atoms with Crippen molar-refractivity contribution >= 4 is 5.69 Å². The normalized spacial score (nSPS) is 23.0. The molecule has 1 aliphatic carbocycles. The Morgan fingerprint density at radius 1 is 1.40 bits per heavy atom. The monoisotopic (exact) mass is 338 g/mol. The van der Waals surface area contributed by atoms with E-state index in [1.165, 1.54) is 12.8 Å². The Kier molecular flexibility index (Phi) is 4.14. The van der Waals surface area contributed by atoms with Crippen LogP contribution in [0.5, 0.6) is 0 Å². The van der Waals surface area contributed by atoms with Crippen LogP contribution in [0.25, 0.3) is 0 Å². The number of aromatic nitrogens is 4. The molecule has 0 aromatic carbocycles. The van der Waals surface area contributed by atoms with E-state index < -0.39 is 0 Å². The molecule has 25 heavy (non-hydrogen) atoms. The molecule has 1 saturated heterocycles. The molecular formula is C18H22N6O. The van der Waals surface area contributed by atoms with E-state index in [1.807, 2.05) is 13.0 Å². The van der Waals surface area contributed by atoms with Gasteiger partial charge in [0.15, 0.2) is 11.6 Å². The van der Waals surface area contributed by atoms with Gasteiger partial charge in [-0.05, 0) is 37.7 Å². The lowest BCUT2D eigenvalue weighted by Gasteiger charge is -2.20. The lowest BCUT2D eigenvalue weighted by Crippen LogP contribution is -2.21. The van der Waals surface area contributed by atoms with Gasteiger partial charge in [0.25, 0.3) is 0 Å². The molecule has 1 N–H and O–H groups in total. The zero-order valence-electron chi connectivity index (χ0n) is 14.6. The number of methoxy groups -OCH3 is 1. The fourth-order valence-corrected chi connectivity index (χ4v) is 3.87. The van der Waals surface area contributed by atoms with Gasteiger partial charge in [0.2, 0.25) is 0 Å². The number of nitrogens with one attached hydrogen (secondary N) is 1. The quantitative estimate of drug-likeness (QED) is 0.898. The first-order chi connectivity index (χ1) is 12.2. The highest BCUT2D eigenvalue weighted by atomic mass is 16.5. The first-order valence-electron chi connectivity index (χ1n) is 8.71. The van der Waals surface area contributed by atoms with Gasteiger partial charge in [-0.1, -0.05) is 0 Å². The van der Waals surface area contributed by atoms with E-state index in [0.717, 1.165) is 42.0 Å². The van der Waals surface area contributed by atoms with E-state index >= 15 is 0 Å². The van der Waals surface area contributed by atoms with Crippen LogP contribution in [0.4, 0.5) is 5.69 Å². The molecule has 0 unspecified atom stereocenters. The molecule has 7 heteroatoms. The van der Waals surface area contributed by atoms with E-state index in [9.17, 15) is 5.26 Å². The zero-order chi connectivity index (χ0) is 17.4. The standard InChI is InChI=1S/C18H22N6O/c1-11-5-16(13(6-19)7-20-11)24-8-14(12-3-4-12)15(9-24)18-21-17(10-25-2)22-23-18/h5,7,12,14-15H,3-4,8-10H2,1-2H3,(H,21,22,23)/t14-,15+/m1/s1. The molecule has 2 aromatic rings. The Morgan fingerprint density at radius 2 is 2.24 bits per heavy atom. The Morgan fingerprint density at radius 3 is 2.96 bits per heavy atom. The van der Waals surface area contributed by atoms with Crippen LogP contribution < -0.4 is 4.90 Å². The number of ether oxygens (including phenoxy) is 1. The van der Waals surface area contributed by atoms with Crippen molar-refractivity contribution in [3.63, 3.8) is 0 Å². The lowest BCUT2D eigenvalue weighted by atomic mass is 9.91. The Bertz CT molecular complexity index is 806. The number of aromatic amines is 1. The first kappa shape index (κ1) is 16.0. The molecule has 1 aliphatic heterocycles. The minimum atomic E-state index is 0.286. The van der Waals surface area contributed by atoms with Gasteiger partial charge in [-0.2, -0.15) is 10.4 Å². The molecule has 4 rings (SSSR count). The minimum absolute atomic E-state index is 0.286. The summed E-state index contributed by atoms with van der Waals surface area (Å²) in [7, 11) is 1.65. The number of rotatable bonds is 5. The van der Waals surface area contributed by atoms with Crippen molar-refractivity contribution < 1.29 is 4.74 Å². The van der Waals surface area contributed by atoms with Crippen LogP contribution in [0.3, 0.4) is 0 Å². The molecule has 0 amide bonds. The maximum Gasteiger partial charge on any atom is 0.156 e. The summed E-state index contributed by atoms with van der Waals surface area (Å²) in [6.07, 6.45) is 4.24. The maximum atomic E-state index is 9.44. The molecular weight excluding hydrogens is 316 g/mol. The van der Waals surface area contributed by atoms with Gasteiger partial charge in [-0.3, -0.25) is 10.1 Å². The highest BCUT2D eigenvalue weighted by molar-refractivity contribution is 5.60. The molecule has 2 fully saturated rings. The van der Waals surface area contributed by atoms with E-state index in [-0.39, 0.29) is 5.92 Å². The molecule has 0 bridgehead atoms. The van der Waals surface area contributed by atoms with Gasteiger partial charge in [0, 0.05) is 38.0 Å². The zero-order valence-corrected chi connectivity index (χ0v) is 14.6. The van der Waals surface area contributed by atoms with Crippen LogP contribution in [0.2, 0.25) is 0 Å². The van der Waals surface area contributed by atoms with Gasteiger partial charge < -0.3 is 9.64 Å². The smallest absolute Gasteiger partial charge is 0.156 e. The van der Waals surface area contributed by atoms with Crippen LogP contribution >= 0.6 is 0 Å². The number of aryl methyl sites for hydroxylation is 1. The predicted molar refractivity (Wildman–Crippen MR) is 92.0 cm³/mol. The third kappa shape index (κ3) is 3.10. The average Bonchev–Trinajstić information content (AvgIpc) is 3.19. The van der Waals surface area contributed by atoms with Crippen molar-refractivity contribution in [1.29, 1.82) is 5.26 Å². The fourth-order valence-electron chi connectivity index (χ4n) is 3.87. The van der Waals surface area contributed by atoms with Crippen LogP contribution in [-0.2, 0) is 11.3 Å². The number of H-pyrrole nitrogens is 1. The Hall–Kier alpha value is -2.46. The van der Waals surface area contributed by atoms with Crippen LogP contribution in [0.15, 0.2) is 12.3 Å². The molecule has 130 valence electrons. The van der Waals surface area contributed by atoms with Gasteiger partial charge >= 0.3 is 0 Å². The number of pyridine rings is 1. The molecule has 2 aromatic heterocycles. The molecule has 0 radical (unpaired) electrons. The molecule has 1 saturated carbocycles. The second-order valence-corrected chi connectivity index (χ2v) is 7.04. The topological polar surface area (TPSA) is 90.7 Å². The van der Waals surface area contributed by atoms with Gasteiger partial charge in [-0.25, -0.2) is 4.98 Å². The summed E-state index contributed by atoms with van der Waals surface area (Å²) >= 11 is 0. The van der Waals surface area contributed by atoms with Crippen molar-refractivity contribution in [3.05, 3.63) is 35.2 Å². The molecule has 3 heterocycles. The first-order valence-corrected chi connectivity index (χ1v) is 8.71. The molecule has 2 aliphatic rings. The minimum Gasteiger partial charge on any atom is -0.377 e. The molecule has 2 atom stereocenters. The number of anilines is 1. The SMILES string of the molecule is COCc1nc([C@H]2CN(c3cc(C)ncc3C#N)C[C@@H]2C2CC2)n[nH]1. The van der Waals surface area contributed by atoms with Crippen LogP contribution in [-0.4, -0.2) is 40.4 Å². The average molecular weight is 338 g/mol. The van der Waals surface area contributed by atoms with Crippen molar-refractivity contribution in [2.75, 3.05) is 25.1 Å². The third-order valence-electron chi connectivity index (χ3n) is 5.23. The summed E-state index contributed by atoms with van der Waals surface area (Å²) in [5, 5.41) is 16.9. The lowest BCUT2D eigenvalue weighted by molar-refractivity contribution is 0.178. The Labute approximate surface area is 147 Å². The second-order valence-electron chi connectivity index (χ2n) is 7.04. The second kappa shape index (κ2) is 6.45. The summed E-state index contributed by atoms with van der Waals surface area (Å²) < 4.78 is 5.14. The van der Waals surface area contributed by atoms with Crippen molar-refractivity contribution in [2.45, 2.75) is 32.3 Å². The van der Waals surface area contributed by atoms with Crippen molar-refractivity contribution in [3.8, 4) is 6.07 Å². The Balaban J connectivity index is 1.63. The van der Waals surface area contributed by atoms with Gasteiger partial charge in [0.05, 0.1) is 11.3 Å². The van der Waals surface area contributed by atoms with E-state index in [4.69, 9.17) is 4.74 Å². The van der Waals surface area contributed by atoms with Crippen LogP contribution in [0.1, 0.15) is 41.7 Å². The summed E-state index contributed by atoms with van der Waals surface area (Å²) in [6.45, 7) is 4.19. The van der Waals surface area contributed by atoms with E-state index in [1.54, 1.807) is 13.3 Å². The number of hydrogen-bond donors (Lipinski definition) is 1. The van der Waals surface area contributed by atoms with Gasteiger partial charge in [0.1, 0.15) is 12.7 Å². The number of nitriles is 1. The van der Waals surface area contributed by atoms with Crippen molar-refractivity contribution in [1.82, 2.24) is 20.2 Å². The van der Waals surface area contributed by atoms with Crippen LogP contribution in [0, 0.1) is 30.1 Å².